The summed E-state index contributed by atoms with van der Waals surface area (Å²) in [5.41, 5.74) is 8.22. The van der Waals surface area contributed by atoms with Gasteiger partial charge in [0.2, 0.25) is 23.6 Å². The number of rotatable bonds is 22. The number of halogens is 1. The van der Waals surface area contributed by atoms with E-state index >= 15 is 0 Å². The lowest BCUT2D eigenvalue weighted by Crippen LogP contribution is -2.58. The topological polar surface area (TPSA) is 220 Å². The van der Waals surface area contributed by atoms with Crippen molar-refractivity contribution in [3.63, 3.8) is 0 Å². The van der Waals surface area contributed by atoms with E-state index < -0.39 is 56.4 Å². The Kier molecular flexibility index (Phi) is 20.5. The fourth-order valence-electron chi connectivity index (χ4n) is 10.1. The summed E-state index contributed by atoms with van der Waals surface area (Å²) < 4.78 is 44.0. The minimum absolute atomic E-state index is 0.0318. The zero-order chi connectivity index (χ0) is 57.3. The number of hydrogen-bond donors (Lipinski definition) is 3. The largest absolute Gasteiger partial charge is 0.491 e. The Morgan fingerprint density at radius 3 is 2.22 bits per heavy atom. The molecule has 4 amide bonds. The second-order valence-corrected chi connectivity index (χ2v) is 26.0. The predicted octanol–water partition coefficient (Wildman–Crippen LogP) is 8.13. The monoisotopic (exact) mass is 1140 g/mol. The number of aromatic nitrogens is 3. The molecule has 2 aromatic heterocycles. The van der Waals surface area contributed by atoms with Crippen LogP contribution in [0.4, 0.5) is 0 Å². The van der Waals surface area contributed by atoms with Crippen molar-refractivity contribution in [1.29, 1.82) is 0 Å². The number of hydrogen-bond acceptors (Lipinski definition) is 14. The van der Waals surface area contributed by atoms with Crippen LogP contribution < -0.4 is 15.4 Å². The van der Waals surface area contributed by atoms with Crippen LogP contribution in [0.25, 0.3) is 10.4 Å². The first-order valence-electron chi connectivity index (χ1n) is 27.0. The van der Waals surface area contributed by atoms with Crippen LogP contribution in [0.3, 0.4) is 0 Å². The molecule has 2 saturated heterocycles. The van der Waals surface area contributed by atoms with Crippen molar-refractivity contribution in [2.45, 2.75) is 148 Å². The summed E-state index contributed by atoms with van der Waals surface area (Å²) in [7, 11) is -3.54. The molecule has 7 rings (SSSR count). The van der Waals surface area contributed by atoms with Gasteiger partial charge in [0.05, 0.1) is 68.4 Å². The van der Waals surface area contributed by atoms with Crippen LogP contribution in [0, 0.1) is 19.3 Å². The maximum absolute atomic E-state index is 14.1. The zero-order valence-corrected chi connectivity index (χ0v) is 49.4. The Balaban J connectivity index is 0.858. The van der Waals surface area contributed by atoms with E-state index in [1.165, 1.54) is 4.90 Å². The molecule has 4 heterocycles. The maximum atomic E-state index is 14.1. The number of β-amino-alcohol motifs (C(OH)–C–C–N with tert-alkyl or cyclic N) is 1. The first-order chi connectivity index (χ1) is 37.4. The number of amides is 4. The van der Waals surface area contributed by atoms with Crippen LogP contribution in [-0.4, -0.2) is 138 Å². The van der Waals surface area contributed by atoms with Crippen molar-refractivity contribution in [3.05, 3.63) is 122 Å². The van der Waals surface area contributed by atoms with Crippen LogP contribution in [0.1, 0.15) is 132 Å². The van der Waals surface area contributed by atoms with Gasteiger partial charge in [-0.05, 0) is 113 Å². The molecular formula is C59H76ClN7O10S2. The van der Waals surface area contributed by atoms with Crippen molar-refractivity contribution in [2.75, 3.05) is 46.1 Å². The van der Waals surface area contributed by atoms with E-state index in [9.17, 15) is 32.7 Å². The van der Waals surface area contributed by atoms with E-state index in [-0.39, 0.29) is 74.7 Å². The highest BCUT2D eigenvalue weighted by Crippen LogP contribution is 2.37. The Bertz CT molecular complexity index is 3060. The standard InChI is InChI=1S/C59H76ClN7O10S2/c1-35(2)77-50-29-46(37(5)25-44(50)27-52-61-30-47(60)48(64-52)26-43-13-11-12-14-51(43)79(73,74)36(3)4)41-19-21-66(22-20-41)54(70)33-76-24-23-75-32-53(69)65-56(59(8,9)10)58(72)67-31-45(68)28-49(67)57(71)63-38(6)40-15-17-42(18-16-40)55-39(7)62-34-78-55/h11-18,25,29-30,34-36,38,41,45,49,56,68H,19-24,26-28,31-33H2,1-10H3,(H,63,71)(H,65,69)/t38-,45+,49?,56+/m0/s1. The molecule has 3 N–H and O–H groups in total. The first kappa shape index (κ1) is 60.8. The Morgan fingerprint density at radius 1 is 0.886 bits per heavy atom. The second-order valence-electron chi connectivity index (χ2n) is 22.3. The molecule has 0 bridgehead atoms. The smallest absolute Gasteiger partial charge is 0.248 e. The van der Waals surface area contributed by atoms with Gasteiger partial charge < -0.3 is 39.8 Å². The molecule has 79 heavy (non-hydrogen) atoms. The molecule has 2 fully saturated rings. The number of piperidine rings is 1. The number of likely N-dealkylation sites (tertiary alicyclic amines) is 2. The number of carbonyl (C=O) groups is 4. The molecule has 4 atom stereocenters. The molecule has 0 aliphatic carbocycles. The number of sulfone groups is 1. The maximum Gasteiger partial charge on any atom is 0.248 e. The lowest BCUT2D eigenvalue weighted by atomic mass is 9.85. The SMILES string of the molecule is Cc1cc(Cc2ncc(Cl)c(Cc3ccccc3S(=O)(=O)C(C)C)n2)c(OC(C)C)cc1C1CCN(C(=O)COCCOCC(=O)N[C@H](C(=O)N2C[C@H](O)CC2C(=O)N[C@@H](C)c2ccc(-c3scnc3C)cc2)C(C)(C)C)CC1. The molecule has 5 aromatic rings. The average molecular weight is 1140 g/mol. The van der Waals surface area contributed by atoms with Crippen LogP contribution in [0.5, 0.6) is 5.75 Å². The summed E-state index contributed by atoms with van der Waals surface area (Å²) in [5.74, 6) is -0.110. The highest BCUT2D eigenvalue weighted by Gasteiger charge is 2.45. The van der Waals surface area contributed by atoms with Crippen LogP contribution >= 0.6 is 22.9 Å². The minimum atomic E-state index is -3.54. The number of thiazole rings is 1. The number of benzene rings is 3. The predicted molar refractivity (Wildman–Crippen MR) is 305 cm³/mol. The van der Waals surface area contributed by atoms with E-state index in [1.807, 2.05) is 84.3 Å². The molecule has 20 heteroatoms. The lowest BCUT2D eigenvalue weighted by molar-refractivity contribution is -0.145. The van der Waals surface area contributed by atoms with Crippen molar-refractivity contribution in [1.82, 2.24) is 35.4 Å². The second kappa shape index (κ2) is 26.6. The van der Waals surface area contributed by atoms with E-state index in [0.29, 0.717) is 41.6 Å². The lowest BCUT2D eigenvalue weighted by Gasteiger charge is -2.35. The van der Waals surface area contributed by atoms with Gasteiger partial charge in [0.25, 0.3) is 0 Å². The van der Waals surface area contributed by atoms with Gasteiger partial charge in [0.1, 0.15) is 36.9 Å². The van der Waals surface area contributed by atoms with Crippen molar-refractivity contribution < 1.29 is 46.9 Å². The Morgan fingerprint density at radius 2 is 1.57 bits per heavy atom. The number of aliphatic hydroxyl groups is 1. The third-order valence-corrected chi connectivity index (χ3v) is 18.0. The summed E-state index contributed by atoms with van der Waals surface area (Å²) >= 11 is 8.17. The van der Waals surface area contributed by atoms with Gasteiger partial charge >= 0.3 is 0 Å². The van der Waals surface area contributed by atoms with Gasteiger partial charge in [-0.1, -0.05) is 80.9 Å². The molecule has 426 valence electrons. The number of nitrogens with one attached hydrogen (secondary N) is 2. The summed E-state index contributed by atoms with van der Waals surface area (Å²) in [6.07, 6.45) is 2.70. The Labute approximate surface area is 474 Å². The van der Waals surface area contributed by atoms with E-state index in [4.69, 9.17) is 30.8 Å². The minimum Gasteiger partial charge on any atom is -0.491 e. The van der Waals surface area contributed by atoms with Gasteiger partial charge in [0.15, 0.2) is 9.84 Å². The zero-order valence-electron chi connectivity index (χ0n) is 47.0. The highest BCUT2D eigenvalue weighted by molar-refractivity contribution is 7.92. The first-order valence-corrected chi connectivity index (χ1v) is 29.9. The molecule has 3 aromatic carbocycles. The molecule has 0 spiro atoms. The third kappa shape index (κ3) is 15.5. The van der Waals surface area contributed by atoms with E-state index in [0.717, 1.165) is 57.0 Å². The summed E-state index contributed by atoms with van der Waals surface area (Å²) in [6.45, 7) is 19.3. The van der Waals surface area contributed by atoms with Crippen LogP contribution in [0.15, 0.2) is 77.3 Å². The molecular weight excluding hydrogens is 1070 g/mol. The van der Waals surface area contributed by atoms with Crippen molar-refractivity contribution in [3.8, 4) is 16.2 Å². The fraction of sp³-hybridized carbons (Fsp3) is 0.508. The summed E-state index contributed by atoms with van der Waals surface area (Å²) in [6, 6.07) is 16.7. The van der Waals surface area contributed by atoms with Crippen molar-refractivity contribution in [2.24, 2.45) is 5.41 Å². The molecule has 1 unspecified atom stereocenters. The summed E-state index contributed by atoms with van der Waals surface area (Å²) in [5, 5.41) is 16.3. The van der Waals surface area contributed by atoms with Crippen LogP contribution in [0.2, 0.25) is 5.02 Å². The van der Waals surface area contributed by atoms with E-state index in [1.54, 1.807) is 54.5 Å². The quantitative estimate of drug-likeness (QED) is 0.0558. The van der Waals surface area contributed by atoms with Gasteiger partial charge in [-0.15, -0.1) is 11.3 Å². The molecule has 17 nitrogen and oxygen atoms in total. The molecule has 0 radical (unpaired) electrons. The van der Waals surface area contributed by atoms with Gasteiger partial charge in [0, 0.05) is 50.7 Å². The summed E-state index contributed by atoms with van der Waals surface area (Å²) in [4.78, 5) is 72.6. The van der Waals surface area contributed by atoms with Gasteiger partial charge in [-0.3, -0.25) is 19.2 Å². The van der Waals surface area contributed by atoms with Gasteiger partial charge in [-0.2, -0.15) is 0 Å². The molecule has 2 aliphatic rings. The fourth-order valence-corrected chi connectivity index (χ4v) is 12.3. The third-order valence-electron chi connectivity index (χ3n) is 14.5. The normalized spacial score (nSPS) is 17.0. The number of carbonyl (C=O) groups excluding carboxylic acids is 4. The number of ether oxygens (including phenoxy) is 3. The van der Waals surface area contributed by atoms with Gasteiger partial charge in [-0.25, -0.2) is 23.4 Å². The molecule has 0 saturated carbocycles. The van der Waals surface area contributed by atoms with E-state index in [2.05, 4.69) is 39.7 Å². The number of nitrogens with zero attached hydrogens (tertiary/aromatic N) is 5. The van der Waals surface area contributed by atoms with Crippen molar-refractivity contribution >= 4 is 56.4 Å². The molecule has 2 aliphatic heterocycles. The average Bonchev–Trinajstić information content (AvgIpc) is 4.04. The number of aliphatic hydroxyl groups excluding tert-OH is 1. The Hall–Kier alpha value is -5.83. The highest BCUT2D eigenvalue weighted by atomic mass is 35.5. The van der Waals surface area contributed by atoms with Crippen LogP contribution in [-0.2, 0) is 51.3 Å². The number of aryl methyl sites for hydroxylation is 2.